The summed E-state index contributed by atoms with van der Waals surface area (Å²) < 4.78 is 0. The van der Waals surface area contributed by atoms with Gasteiger partial charge in [0.25, 0.3) is 0 Å². The van der Waals surface area contributed by atoms with Crippen LogP contribution in [0.2, 0.25) is 0 Å². The fourth-order valence-electron chi connectivity index (χ4n) is 7.88. The van der Waals surface area contributed by atoms with Crippen molar-refractivity contribution in [2.75, 3.05) is 0 Å². The Morgan fingerprint density at radius 1 is 0.393 bits per heavy atom. The van der Waals surface area contributed by atoms with Gasteiger partial charge in [0.1, 0.15) is 0 Å². The second-order valence-electron chi connectivity index (χ2n) is 15.4. The molecule has 0 spiro atoms. The Bertz CT molecular complexity index is 2590. The fourth-order valence-corrected chi connectivity index (χ4v) is 7.88. The molecule has 0 bridgehead atoms. The molecule has 0 N–H and O–H groups in total. The van der Waals surface area contributed by atoms with Gasteiger partial charge in [0.15, 0.2) is 0 Å². The highest BCUT2D eigenvalue weighted by molar-refractivity contribution is 6.10. The molecule has 0 aliphatic carbocycles. The fraction of sp³-hybridized carbons (Fsp3) is 0.214. The van der Waals surface area contributed by atoms with Gasteiger partial charge in [-0.05, 0) is 136 Å². The lowest BCUT2D eigenvalue weighted by atomic mass is 9.85. The summed E-state index contributed by atoms with van der Waals surface area (Å²) in [6, 6.07) is 48.5. The predicted molar refractivity (Wildman–Crippen MR) is 253 cm³/mol. The van der Waals surface area contributed by atoms with E-state index in [1.54, 1.807) is 0 Å². The topological polar surface area (TPSA) is 0 Å². The van der Waals surface area contributed by atoms with Gasteiger partial charge in [-0.25, -0.2) is 0 Å². The SMILES string of the molecule is C=Cc1c2ccccc2c(C(C)CC)c2ccccc12.C=Cc1ccc2c(ccc3cc(C(C)CC)ccc32)c1.C=Cc1ccc2cc(C(C)CC)ccc2c1. The van der Waals surface area contributed by atoms with E-state index in [0.29, 0.717) is 17.8 Å². The summed E-state index contributed by atoms with van der Waals surface area (Å²) in [5.41, 5.74) is 7.95. The molecule has 8 aromatic carbocycles. The molecule has 0 aliphatic heterocycles. The van der Waals surface area contributed by atoms with Gasteiger partial charge in [0.05, 0.1) is 0 Å². The molecule has 8 rings (SSSR count). The first-order valence-electron chi connectivity index (χ1n) is 20.6. The molecule has 3 atom stereocenters. The highest BCUT2D eigenvalue weighted by Crippen LogP contribution is 2.38. The monoisotopic (exact) mass is 730 g/mol. The van der Waals surface area contributed by atoms with Crippen molar-refractivity contribution >= 4 is 72.1 Å². The standard InChI is InChI=1S/2C20H20.C16H18/c1-4-14(3)16-9-11-20-18(13-16)8-7-17-12-15(5-2)6-10-19(17)20;1-4-14(3)20-18-12-8-6-10-16(18)15(5-2)17-11-7-9-13-19(17)20;1-4-12(3)14-8-9-15-10-13(5-2)6-7-16(15)11-14/h2*5-14H,2,4H2,1,3H3;5-12H,2,4H2,1,3H3. The first-order valence-corrected chi connectivity index (χ1v) is 20.6. The van der Waals surface area contributed by atoms with Gasteiger partial charge in [0.2, 0.25) is 0 Å². The van der Waals surface area contributed by atoms with Gasteiger partial charge in [-0.3, -0.25) is 0 Å². The Labute approximate surface area is 335 Å². The van der Waals surface area contributed by atoms with Gasteiger partial charge in [-0.1, -0.05) is 201 Å². The summed E-state index contributed by atoms with van der Waals surface area (Å²) in [7, 11) is 0. The molecule has 0 aliphatic rings. The van der Waals surface area contributed by atoms with Gasteiger partial charge in [0, 0.05) is 0 Å². The molecule has 0 heteroatoms. The largest absolute Gasteiger partial charge is 0.0985 e. The number of hydrogen-bond acceptors (Lipinski definition) is 0. The van der Waals surface area contributed by atoms with Crippen molar-refractivity contribution in [3.05, 3.63) is 187 Å². The van der Waals surface area contributed by atoms with Crippen molar-refractivity contribution in [3.63, 3.8) is 0 Å². The summed E-state index contributed by atoms with van der Waals surface area (Å²) in [5.74, 6) is 1.82. The predicted octanol–water partition coefficient (Wildman–Crippen LogP) is 17.3. The Morgan fingerprint density at radius 2 is 0.786 bits per heavy atom. The Kier molecular flexibility index (Phi) is 13.0. The molecule has 0 fully saturated rings. The smallest absolute Gasteiger partial charge is 0.0102 e. The maximum atomic E-state index is 4.03. The molecule has 0 radical (unpaired) electrons. The third kappa shape index (κ3) is 8.41. The van der Waals surface area contributed by atoms with Crippen molar-refractivity contribution in [2.24, 2.45) is 0 Å². The average molecular weight is 731 g/mol. The summed E-state index contributed by atoms with van der Waals surface area (Å²) >= 11 is 0. The van der Waals surface area contributed by atoms with Crippen LogP contribution in [0.1, 0.15) is 112 Å². The normalized spacial score (nSPS) is 12.7. The van der Waals surface area contributed by atoms with Crippen LogP contribution in [-0.4, -0.2) is 0 Å². The van der Waals surface area contributed by atoms with Gasteiger partial charge in [-0.15, -0.1) is 0 Å². The van der Waals surface area contributed by atoms with Crippen molar-refractivity contribution in [1.82, 2.24) is 0 Å². The zero-order valence-electron chi connectivity index (χ0n) is 34.4. The summed E-state index contributed by atoms with van der Waals surface area (Å²) in [5, 5.41) is 13.3. The van der Waals surface area contributed by atoms with Crippen LogP contribution in [-0.2, 0) is 0 Å². The lowest BCUT2D eigenvalue weighted by Gasteiger charge is -2.19. The number of fused-ring (bicyclic) bond motifs is 6. The van der Waals surface area contributed by atoms with Gasteiger partial charge in [-0.2, -0.15) is 0 Å². The third-order valence-electron chi connectivity index (χ3n) is 11.9. The average Bonchev–Trinajstić information content (AvgIpc) is 3.26. The highest BCUT2D eigenvalue weighted by Gasteiger charge is 2.15. The molecule has 56 heavy (non-hydrogen) atoms. The van der Waals surface area contributed by atoms with Crippen LogP contribution in [0.4, 0.5) is 0 Å². The van der Waals surface area contributed by atoms with E-state index in [0.717, 1.165) is 6.42 Å². The quantitative estimate of drug-likeness (QED) is 0.102. The lowest BCUT2D eigenvalue weighted by molar-refractivity contribution is 0.735. The molecular formula is C56H58. The molecule has 282 valence electrons. The van der Waals surface area contributed by atoms with Crippen LogP contribution < -0.4 is 0 Å². The van der Waals surface area contributed by atoms with Gasteiger partial charge < -0.3 is 0 Å². The number of benzene rings is 8. The molecule has 0 saturated carbocycles. The van der Waals surface area contributed by atoms with E-state index in [-0.39, 0.29) is 0 Å². The van der Waals surface area contributed by atoms with Crippen LogP contribution in [0.25, 0.3) is 72.1 Å². The summed E-state index contributed by atoms with van der Waals surface area (Å²) in [6.07, 6.45) is 9.31. The van der Waals surface area contributed by atoms with E-state index in [9.17, 15) is 0 Å². The van der Waals surface area contributed by atoms with E-state index in [1.165, 1.54) is 100 Å². The van der Waals surface area contributed by atoms with Crippen molar-refractivity contribution in [1.29, 1.82) is 0 Å². The van der Waals surface area contributed by atoms with Gasteiger partial charge >= 0.3 is 0 Å². The molecule has 3 unspecified atom stereocenters. The summed E-state index contributed by atoms with van der Waals surface area (Å²) in [4.78, 5) is 0. The number of rotatable bonds is 9. The Hall–Kier alpha value is -5.72. The molecule has 0 amide bonds. The van der Waals surface area contributed by atoms with Crippen LogP contribution in [0.5, 0.6) is 0 Å². The number of hydrogen-bond donors (Lipinski definition) is 0. The third-order valence-corrected chi connectivity index (χ3v) is 11.9. The summed E-state index contributed by atoms with van der Waals surface area (Å²) in [6.45, 7) is 25.3. The van der Waals surface area contributed by atoms with E-state index < -0.39 is 0 Å². The van der Waals surface area contributed by atoms with E-state index in [1.807, 2.05) is 18.2 Å². The van der Waals surface area contributed by atoms with E-state index >= 15 is 0 Å². The van der Waals surface area contributed by atoms with Crippen molar-refractivity contribution in [3.8, 4) is 0 Å². The molecule has 8 aromatic rings. The Balaban J connectivity index is 0.000000144. The second-order valence-corrected chi connectivity index (χ2v) is 15.4. The molecular weight excluding hydrogens is 673 g/mol. The minimum Gasteiger partial charge on any atom is -0.0985 e. The minimum absolute atomic E-state index is 0.559. The first kappa shape index (κ1) is 40.0. The zero-order chi connectivity index (χ0) is 39.8. The maximum absolute atomic E-state index is 4.03. The van der Waals surface area contributed by atoms with Crippen molar-refractivity contribution in [2.45, 2.75) is 78.6 Å². The zero-order valence-corrected chi connectivity index (χ0v) is 34.4. The molecule has 0 heterocycles. The van der Waals surface area contributed by atoms with Crippen LogP contribution in [0.3, 0.4) is 0 Å². The van der Waals surface area contributed by atoms with E-state index in [4.69, 9.17) is 0 Å². The molecule has 0 saturated heterocycles. The van der Waals surface area contributed by atoms with E-state index in [2.05, 4.69) is 195 Å². The van der Waals surface area contributed by atoms with Crippen LogP contribution in [0.15, 0.2) is 153 Å². The molecule has 0 nitrogen and oxygen atoms in total. The van der Waals surface area contributed by atoms with Crippen LogP contribution in [0, 0.1) is 0 Å². The second kappa shape index (κ2) is 18.3. The Morgan fingerprint density at radius 3 is 1.30 bits per heavy atom. The van der Waals surface area contributed by atoms with Crippen LogP contribution >= 0.6 is 0 Å². The minimum atomic E-state index is 0.559. The van der Waals surface area contributed by atoms with Crippen molar-refractivity contribution < 1.29 is 0 Å². The first-order chi connectivity index (χ1) is 27.2. The maximum Gasteiger partial charge on any atom is -0.0102 e. The lowest BCUT2D eigenvalue weighted by Crippen LogP contribution is -1.97. The highest BCUT2D eigenvalue weighted by atomic mass is 14.2. The molecule has 0 aromatic heterocycles.